The number of H-pyrrole nitrogens is 1. The fourth-order valence-electron chi connectivity index (χ4n) is 3.66. The van der Waals surface area contributed by atoms with Gasteiger partial charge < -0.3 is 19.9 Å². The van der Waals surface area contributed by atoms with E-state index in [4.69, 9.17) is 4.74 Å². The number of rotatable bonds is 3. The molecule has 1 aliphatic rings. The maximum atomic E-state index is 12.8. The molecule has 140 valence electrons. The van der Waals surface area contributed by atoms with Gasteiger partial charge in [0.2, 0.25) is 0 Å². The molecule has 2 unspecified atom stereocenters. The fraction of sp³-hybridized carbons (Fsp3) is 0.333. The van der Waals surface area contributed by atoms with E-state index in [0.29, 0.717) is 5.69 Å². The topological polar surface area (TPSA) is 70.2 Å². The molecule has 3 heterocycles. The van der Waals surface area contributed by atoms with Crippen molar-refractivity contribution in [2.45, 2.75) is 33.0 Å². The number of carbonyl (C=O) groups excluding carboxylic acids is 1. The van der Waals surface area contributed by atoms with Gasteiger partial charge in [0.1, 0.15) is 5.69 Å². The number of hydrogen-bond donors (Lipinski definition) is 2. The van der Waals surface area contributed by atoms with Crippen molar-refractivity contribution < 1.29 is 9.53 Å². The fourth-order valence-corrected chi connectivity index (χ4v) is 3.66. The van der Waals surface area contributed by atoms with Gasteiger partial charge in [-0.2, -0.15) is 0 Å². The number of benzene rings is 1. The molecular weight excluding hydrogens is 340 g/mol. The van der Waals surface area contributed by atoms with Gasteiger partial charge in [0.15, 0.2) is 0 Å². The molecule has 2 aromatic heterocycles. The summed E-state index contributed by atoms with van der Waals surface area (Å²) in [6.07, 6.45) is 3.91. The predicted octanol–water partition coefficient (Wildman–Crippen LogP) is 3.74. The molecule has 1 aliphatic heterocycles. The average molecular weight is 364 g/mol. The molecule has 1 saturated heterocycles. The molecule has 3 aromatic rings. The number of carbonyl (C=O) groups is 1. The molecule has 0 radical (unpaired) electrons. The highest BCUT2D eigenvalue weighted by Crippen LogP contribution is 2.24. The Morgan fingerprint density at radius 1 is 1.22 bits per heavy atom. The Kier molecular flexibility index (Phi) is 4.58. The predicted molar refractivity (Wildman–Crippen MR) is 107 cm³/mol. The van der Waals surface area contributed by atoms with Crippen LogP contribution in [0, 0.1) is 6.92 Å². The second-order valence-electron chi connectivity index (χ2n) is 7.25. The Balaban J connectivity index is 1.56. The van der Waals surface area contributed by atoms with Gasteiger partial charge in [-0.05, 0) is 62.1 Å². The SMILES string of the molecule is Cc1cc2cc[nH]c2cc1NC(=O)c1cc(N2CC(C)OC(C)C2)ccn1. The molecule has 1 fully saturated rings. The van der Waals surface area contributed by atoms with E-state index in [-0.39, 0.29) is 18.1 Å². The normalized spacial score (nSPS) is 20.0. The van der Waals surface area contributed by atoms with Crippen LogP contribution >= 0.6 is 0 Å². The molecule has 1 amide bonds. The summed E-state index contributed by atoms with van der Waals surface area (Å²) in [6, 6.07) is 9.82. The highest BCUT2D eigenvalue weighted by Gasteiger charge is 2.23. The minimum Gasteiger partial charge on any atom is -0.372 e. The number of amides is 1. The van der Waals surface area contributed by atoms with Crippen molar-refractivity contribution >= 4 is 28.2 Å². The zero-order valence-corrected chi connectivity index (χ0v) is 15.8. The molecule has 2 atom stereocenters. The van der Waals surface area contributed by atoms with Gasteiger partial charge in [-0.25, -0.2) is 0 Å². The number of aromatic nitrogens is 2. The zero-order valence-electron chi connectivity index (χ0n) is 15.8. The van der Waals surface area contributed by atoms with Crippen LogP contribution in [0.15, 0.2) is 42.7 Å². The first-order chi connectivity index (χ1) is 13.0. The van der Waals surface area contributed by atoms with Crippen LogP contribution in [0.5, 0.6) is 0 Å². The second kappa shape index (κ2) is 7.04. The molecule has 6 nitrogen and oxygen atoms in total. The number of nitrogens with zero attached hydrogens (tertiary/aromatic N) is 2. The summed E-state index contributed by atoms with van der Waals surface area (Å²) in [6.45, 7) is 7.73. The Morgan fingerprint density at radius 3 is 2.78 bits per heavy atom. The molecule has 4 rings (SSSR count). The van der Waals surface area contributed by atoms with Gasteiger partial charge in [0, 0.05) is 42.4 Å². The summed E-state index contributed by atoms with van der Waals surface area (Å²) in [7, 11) is 0. The Bertz CT molecular complexity index is 971. The minimum atomic E-state index is -0.208. The summed E-state index contributed by atoms with van der Waals surface area (Å²) in [5, 5.41) is 4.12. The standard InChI is InChI=1S/C21H24N4O2/c1-13-8-16-4-6-22-19(16)10-18(13)24-21(26)20-9-17(5-7-23-20)25-11-14(2)27-15(3)12-25/h4-10,14-15,22H,11-12H2,1-3H3,(H,24,26). The molecule has 6 heteroatoms. The molecular formula is C21H24N4O2. The van der Waals surface area contributed by atoms with Crippen LogP contribution in [0.3, 0.4) is 0 Å². The van der Waals surface area contributed by atoms with Crippen LogP contribution in [0.2, 0.25) is 0 Å². The van der Waals surface area contributed by atoms with Crippen LogP contribution < -0.4 is 10.2 Å². The average Bonchev–Trinajstić information content (AvgIpc) is 3.08. The number of morpholine rings is 1. The minimum absolute atomic E-state index is 0.161. The van der Waals surface area contributed by atoms with Crippen molar-refractivity contribution in [3.05, 3.63) is 54.0 Å². The third-order valence-corrected chi connectivity index (χ3v) is 4.91. The van der Waals surface area contributed by atoms with Gasteiger partial charge in [0.05, 0.1) is 12.2 Å². The largest absolute Gasteiger partial charge is 0.372 e. The van der Waals surface area contributed by atoms with Crippen LogP contribution in [-0.2, 0) is 4.74 Å². The first kappa shape index (κ1) is 17.5. The third kappa shape index (κ3) is 3.66. The maximum Gasteiger partial charge on any atom is 0.274 e. The lowest BCUT2D eigenvalue weighted by Crippen LogP contribution is -2.45. The molecule has 0 bridgehead atoms. The van der Waals surface area contributed by atoms with Gasteiger partial charge in [-0.3, -0.25) is 9.78 Å². The number of nitrogens with one attached hydrogen (secondary N) is 2. The van der Waals surface area contributed by atoms with Crippen LogP contribution in [0.4, 0.5) is 11.4 Å². The Hall–Kier alpha value is -2.86. The van der Waals surface area contributed by atoms with E-state index in [9.17, 15) is 4.79 Å². The quantitative estimate of drug-likeness (QED) is 0.743. The van der Waals surface area contributed by atoms with E-state index in [1.54, 1.807) is 6.20 Å². The van der Waals surface area contributed by atoms with Gasteiger partial charge in [-0.15, -0.1) is 0 Å². The number of fused-ring (bicyclic) bond motifs is 1. The van der Waals surface area contributed by atoms with Crippen molar-refractivity contribution in [3.63, 3.8) is 0 Å². The van der Waals surface area contributed by atoms with Crippen molar-refractivity contribution in [2.24, 2.45) is 0 Å². The molecule has 2 N–H and O–H groups in total. The van der Waals surface area contributed by atoms with Gasteiger partial charge in [-0.1, -0.05) is 0 Å². The van der Waals surface area contributed by atoms with E-state index >= 15 is 0 Å². The van der Waals surface area contributed by atoms with Crippen LogP contribution in [0.25, 0.3) is 10.9 Å². The number of pyridine rings is 1. The lowest BCUT2D eigenvalue weighted by molar-refractivity contribution is -0.00522. The highest BCUT2D eigenvalue weighted by atomic mass is 16.5. The number of anilines is 2. The van der Waals surface area contributed by atoms with E-state index in [1.165, 1.54) is 0 Å². The molecule has 0 aliphatic carbocycles. The van der Waals surface area contributed by atoms with E-state index in [2.05, 4.69) is 40.1 Å². The second-order valence-corrected chi connectivity index (χ2v) is 7.25. The van der Waals surface area contributed by atoms with E-state index in [1.807, 2.05) is 37.4 Å². The molecule has 27 heavy (non-hydrogen) atoms. The smallest absolute Gasteiger partial charge is 0.274 e. The van der Waals surface area contributed by atoms with Crippen molar-refractivity contribution in [3.8, 4) is 0 Å². The van der Waals surface area contributed by atoms with Crippen molar-refractivity contribution in [2.75, 3.05) is 23.3 Å². The van der Waals surface area contributed by atoms with Crippen molar-refractivity contribution in [1.29, 1.82) is 0 Å². The summed E-state index contributed by atoms with van der Waals surface area (Å²) >= 11 is 0. The highest BCUT2D eigenvalue weighted by molar-refractivity contribution is 6.04. The lowest BCUT2D eigenvalue weighted by Gasteiger charge is -2.36. The summed E-state index contributed by atoms with van der Waals surface area (Å²) < 4.78 is 5.80. The number of ether oxygens (including phenoxy) is 1. The van der Waals surface area contributed by atoms with Gasteiger partial charge >= 0.3 is 0 Å². The van der Waals surface area contributed by atoms with E-state index < -0.39 is 0 Å². The molecule has 0 saturated carbocycles. The van der Waals surface area contributed by atoms with Crippen LogP contribution in [-0.4, -0.2) is 41.2 Å². The number of aromatic amines is 1. The zero-order chi connectivity index (χ0) is 19.0. The Labute approximate surface area is 158 Å². The van der Waals surface area contributed by atoms with Gasteiger partial charge in [0.25, 0.3) is 5.91 Å². The number of hydrogen-bond acceptors (Lipinski definition) is 4. The molecule has 0 spiro atoms. The summed E-state index contributed by atoms with van der Waals surface area (Å²) in [5.41, 5.74) is 4.20. The Morgan fingerprint density at radius 2 is 2.00 bits per heavy atom. The van der Waals surface area contributed by atoms with E-state index in [0.717, 1.165) is 40.9 Å². The third-order valence-electron chi connectivity index (χ3n) is 4.91. The first-order valence-corrected chi connectivity index (χ1v) is 9.25. The monoisotopic (exact) mass is 364 g/mol. The number of aryl methyl sites for hydroxylation is 1. The van der Waals surface area contributed by atoms with Crippen LogP contribution in [0.1, 0.15) is 29.9 Å². The first-order valence-electron chi connectivity index (χ1n) is 9.25. The lowest BCUT2D eigenvalue weighted by atomic mass is 10.1. The summed E-state index contributed by atoms with van der Waals surface area (Å²) in [5.74, 6) is -0.208. The molecule has 1 aromatic carbocycles. The maximum absolute atomic E-state index is 12.8. The summed E-state index contributed by atoms with van der Waals surface area (Å²) in [4.78, 5) is 22.5. The van der Waals surface area contributed by atoms with Crippen molar-refractivity contribution in [1.82, 2.24) is 9.97 Å².